The zero-order valence-electron chi connectivity index (χ0n) is 18.1. The Balaban J connectivity index is 1.77. The lowest BCUT2D eigenvalue weighted by Gasteiger charge is -2.37. The number of carbonyl (C=O) groups excluding carboxylic acids is 1. The Morgan fingerprint density at radius 1 is 1.03 bits per heavy atom. The summed E-state index contributed by atoms with van der Waals surface area (Å²) in [5.74, 6) is -1.10. The largest absolute Gasteiger partial charge is 0.396 e. The molecule has 0 saturated heterocycles. The zero-order chi connectivity index (χ0) is 24.6. The van der Waals surface area contributed by atoms with Crippen LogP contribution in [0.1, 0.15) is 33.7 Å². The van der Waals surface area contributed by atoms with Crippen molar-refractivity contribution in [3.05, 3.63) is 92.4 Å². The van der Waals surface area contributed by atoms with Crippen molar-refractivity contribution >= 4 is 56.2 Å². The maximum Gasteiger partial charge on any atom is 0.258 e. The molecule has 0 spiro atoms. The predicted molar refractivity (Wildman–Crippen MR) is 136 cm³/mol. The SMILES string of the molecule is CC1C(CO)Cc2ccc(NC(=O)c3c(Cl)cccc3Cl)cc2C1S(=O)(=O)c1cccc(Cl)c1. The van der Waals surface area contributed by atoms with Crippen LogP contribution in [0, 0.1) is 11.8 Å². The summed E-state index contributed by atoms with van der Waals surface area (Å²) in [6.45, 7) is 1.69. The van der Waals surface area contributed by atoms with Crippen LogP contribution in [0.5, 0.6) is 0 Å². The molecular weight excluding hydrogens is 517 g/mol. The highest BCUT2D eigenvalue weighted by molar-refractivity contribution is 7.91. The van der Waals surface area contributed by atoms with Gasteiger partial charge in [0.2, 0.25) is 0 Å². The fraction of sp³-hybridized carbons (Fsp3) is 0.240. The van der Waals surface area contributed by atoms with Crippen molar-refractivity contribution in [1.82, 2.24) is 0 Å². The molecule has 0 radical (unpaired) electrons. The van der Waals surface area contributed by atoms with Gasteiger partial charge in [-0.1, -0.05) is 59.9 Å². The second-order valence-electron chi connectivity index (χ2n) is 8.39. The molecule has 9 heteroatoms. The maximum atomic E-state index is 13.8. The summed E-state index contributed by atoms with van der Waals surface area (Å²) >= 11 is 18.4. The Labute approximate surface area is 213 Å². The Morgan fingerprint density at radius 3 is 2.35 bits per heavy atom. The molecule has 5 nitrogen and oxygen atoms in total. The van der Waals surface area contributed by atoms with Crippen molar-refractivity contribution < 1.29 is 18.3 Å². The van der Waals surface area contributed by atoms with Gasteiger partial charge in [0.05, 0.1) is 25.8 Å². The van der Waals surface area contributed by atoms with Gasteiger partial charge in [-0.15, -0.1) is 0 Å². The second-order valence-corrected chi connectivity index (χ2v) is 11.7. The number of aliphatic hydroxyl groups excluding tert-OH is 1. The average molecular weight is 539 g/mol. The Bertz CT molecular complexity index is 1340. The third-order valence-electron chi connectivity index (χ3n) is 6.30. The van der Waals surface area contributed by atoms with Gasteiger partial charge in [0.1, 0.15) is 0 Å². The quantitative estimate of drug-likeness (QED) is 0.404. The van der Waals surface area contributed by atoms with Crippen molar-refractivity contribution in [3.8, 4) is 0 Å². The average Bonchev–Trinajstić information content (AvgIpc) is 2.78. The molecule has 34 heavy (non-hydrogen) atoms. The van der Waals surface area contributed by atoms with E-state index in [9.17, 15) is 18.3 Å². The molecule has 0 fully saturated rings. The van der Waals surface area contributed by atoms with Crippen LogP contribution in [0.4, 0.5) is 5.69 Å². The normalized spacial score (nSPS) is 20.0. The highest BCUT2D eigenvalue weighted by Gasteiger charge is 2.42. The van der Waals surface area contributed by atoms with E-state index in [0.29, 0.717) is 22.7 Å². The van der Waals surface area contributed by atoms with Gasteiger partial charge >= 0.3 is 0 Å². The number of halogens is 3. The van der Waals surface area contributed by atoms with Crippen LogP contribution < -0.4 is 5.32 Å². The van der Waals surface area contributed by atoms with Crippen molar-refractivity contribution in [2.24, 2.45) is 11.8 Å². The second kappa shape index (κ2) is 9.88. The van der Waals surface area contributed by atoms with Gasteiger partial charge in [-0.2, -0.15) is 0 Å². The molecule has 0 heterocycles. The molecular formula is C25H22Cl3NO4S. The van der Waals surface area contributed by atoms with Gasteiger partial charge in [0.15, 0.2) is 9.84 Å². The standard InChI is InChI=1S/C25H22Cl3NO4S/c1-14-16(13-30)10-15-8-9-18(29-25(31)23-21(27)6-3-7-22(23)28)12-20(15)24(14)34(32,33)19-5-2-4-17(26)11-19/h2-9,11-12,14,16,24,30H,10,13H2,1H3,(H,29,31). The van der Waals surface area contributed by atoms with Gasteiger partial charge < -0.3 is 10.4 Å². The van der Waals surface area contributed by atoms with Crippen molar-refractivity contribution in [3.63, 3.8) is 0 Å². The number of benzene rings is 3. The lowest BCUT2D eigenvalue weighted by Crippen LogP contribution is -2.34. The van der Waals surface area contributed by atoms with E-state index >= 15 is 0 Å². The van der Waals surface area contributed by atoms with E-state index in [-0.39, 0.29) is 38.9 Å². The van der Waals surface area contributed by atoms with E-state index in [4.69, 9.17) is 34.8 Å². The zero-order valence-corrected chi connectivity index (χ0v) is 21.2. The molecule has 0 aromatic heterocycles. The fourth-order valence-electron chi connectivity index (χ4n) is 4.50. The van der Waals surface area contributed by atoms with Crippen LogP contribution in [0.3, 0.4) is 0 Å². The maximum absolute atomic E-state index is 13.8. The molecule has 3 aromatic rings. The van der Waals surface area contributed by atoms with Gasteiger partial charge in [0, 0.05) is 17.3 Å². The van der Waals surface area contributed by atoms with Gasteiger partial charge in [-0.05, 0) is 71.8 Å². The first-order valence-corrected chi connectivity index (χ1v) is 13.3. The number of amides is 1. The number of fused-ring (bicyclic) bond motifs is 1. The fourth-order valence-corrected chi connectivity index (χ4v) is 7.52. The summed E-state index contributed by atoms with van der Waals surface area (Å²) in [6.07, 6.45) is 0.527. The molecule has 0 bridgehead atoms. The third-order valence-corrected chi connectivity index (χ3v) is 9.42. The van der Waals surface area contributed by atoms with Crippen molar-refractivity contribution in [2.75, 3.05) is 11.9 Å². The number of sulfone groups is 1. The Kier molecular flexibility index (Phi) is 7.27. The molecule has 1 amide bonds. The number of aliphatic hydroxyl groups is 1. The van der Waals surface area contributed by atoms with Crippen LogP contribution in [0.2, 0.25) is 15.1 Å². The minimum atomic E-state index is -3.85. The molecule has 4 rings (SSSR count). The van der Waals surface area contributed by atoms with Crippen LogP contribution in [-0.4, -0.2) is 26.0 Å². The number of rotatable bonds is 5. The molecule has 3 aromatic carbocycles. The van der Waals surface area contributed by atoms with E-state index < -0.39 is 21.0 Å². The molecule has 3 unspecified atom stereocenters. The highest BCUT2D eigenvalue weighted by atomic mass is 35.5. The third kappa shape index (κ3) is 4.70. The van der Waals surface area contributed by atoms with Gasteiger partial charge in [0.25, 0.3) is 5.91 Å². The number of hydrogen-bond donors (Lipinski definition) is 2. The van der Waals surface area contributed by atoms with Gasteiger partial charge in [-0.3, -0.25) is 4.79 Å². The first-order valence-electron chi connectivity index (χ1n) is 10.6. The van der Waals surface area contributed by atoms with Crippen LogP contribution in [-0.2, 0) is 16.3 Å². The van der Waals surface area contributed by atoms with Crippen LogP contribution in [0.15, 0.2) is 65.6 Å². The summed E-state index contributed by atoms with van der Waals surface area (Å²) in [4.78, 5) is 13.0. The topological polar surface area (TPSA) is 83.5 Å². The van der Waals surface area contributed by atoms with Crippen molar-refractivity contribution in [2.45, 2.75) is 23.5 Å². The lowest BCUT2D eigenvalue weighted by molar-refractivity contribution is 0.102. The monoisotopic (exact) mass is 537 g/mol. The minimum absolute atomic E-state index is 0.110. The van der Waals surface area contributed by atoms with Crippen LogP contribution in [0.25, 0.3) is 0 Å². The number of carbonyl (C=O) groups is 1. The van der Waals surface area contributed by atoms with Crippen LogP contribution >= 0.6 is 34.8 Å². The molecule has 2 N–H and O–H groups in total. The molecule has 0 aliphatic heterocycles. The molecule has 178 valence electrons. The first-order chi connectivity index (χ1) is 16.1. The number of nitrogens with one attached hydrogen (secondary N) is 1. The highest BCUT2D eigenvalue weighted by Crippen LogP contribution is 2.46. The number of anilines is 1. The molecule has 1 aliphatic rings. The molecule has 0 saturated carbocycles. The van der Waals surface area contributed by atoms with E-state index in [2.05, 4.69) is 5.32 Å². The number of hydrogen-bond acceptors (Lipinski definition) is 4. The predicted octanol–water partition coefficient (Wildman–Crippen LogP) is 6.21. The van der Waals surface area contributed by atoms with Crippen molar-refractivity contribution in [1.29, 1.82) is 0 Å². The summed E-state index contributed by atoms with van der Waals surface area (Å²) in [5, 5.41) is 12.5. The summed E-state index contributed by atoms with van der Waals surface area (Å²) < 4.78 is 27.5. The smallest absolute Gasteiger partial charge is 0.258 e. The lowest BCUT2D eigenvalue weighted by atomic mass is 9.76. The Morgan fingerprint density at radius 2 is 1.71 bits per heavy atom. The molecule has 3 atom stereocenters. The summed E-state index contributed by atoms with van der Waals surface area (Å²) in [6, 6.07) is 16.1. The van der Waals surface area contributed by atoms with E-state index in [1.807, 2.05) is 6.92 Å². The van der Waals surface area contributed by atoms with E-state index in [0.717, 1.165) is 5.56 Å². The van der Waals surface area contributed by atoms with E-state index in [1.165, 1.54) is 12.1 Å². The van der Waals surface area contributed by atoms with E-state index in [1.54, 1.807) is 48.5 Å². The molecule has 1 aliphatic carbocycles. The first kappa shape index (κ1) is 25.0. The summed E-state index contributed by atoms with van der Waals surface area (Å²) in [7, 11) is -3.85. The van der Waals surface area contributed by atoms with Gasteiger partial charge in [-0.25, -0.2) is 8.42 Å². The Hall–Kier alpha value is -2.09. The minimum Gasteiger partial charge on any atom is -0.396 e. The summed E-state index contributed by atoms with van der Waals surface area (Å²) in [5.41, 5.74) is 1.95.